The summed E-state index contributed by atoms with van der Waals surface area (Å²) in [5.74, 6) is -0.549. The number of amides is 2. The monoisotopic (exact) mass is 311 g/mol. The van der Waals surface area contributed by atoms with Crippen molar-refractivity contribution in [2.75, 3.05) is 18.9 Å². The molecule has 1 aromatic carbocycles. The number of ether oxygens (including phenoxy) is 1. The number of halogens is 1. The Hall–Kier alpha value is -1.63. The van der Waals surface area contributed by atoms with Gasteiger partial charge in [0.2, 0.25) is 0 Å². The molecule has 2 atom stereocenters. The van der Waals surface area contributed by atoms with Crippen LogP contribution in [0.25, 0.3) is 0 Å². The van der Waals surface area contributed by atoms with Crippen LogP contribution in [0.3, 0.4) is 0 Å². The molecule has 0 radical (unpaired) electrons. The molecule has 0 unspecified atom stereocenters. The van der Waals surface area contributed by atoms with Crippen molar-refractivity contribution in [3.63, 3.8) is 0 Å². The molecule has 0 aliphatic carbocycles. The van der Waals surface area contributed by atoms with E-state index in [1.165, 1.54) is 13.1 Å². The number of nitrogens with one attached hydrogen (secondary N) is 2. The van der Waals surface area contributed by atoms with Crippen molar-refractivity contribution < 1.29 is 14.3 Å². The lowest BCUT2D eigenvalue weighted by Gasteiger charge is -2.13. The maximum atomic E-state index is 12.1. The average molecular weight is 312 g/mol. The number of carbonyl (C=O) groups excluding carboxylic acids is 2. The van der Waals surface area contributed by atoms with Crippen LogP contribution in [-0.2, 0) is 9.53 Å². The van der Waals surface area contributed by atoms with Crippen LogP contribution < -0.4 is 16.4 Å². The predicted molar refractivity (Wildman–Crippen MR) is 80.4 cm³/mol. The van der Waals surface area contributed by atoms with Crippen LogP contribution in [0, 0.1) is 0 Å². The van der Waals surface area contributed by atoms with Crippen molar-refractivity contribution in [3.05, 3.63) is 28.8 Å². The zero-order valence-electron chi connectivity index (χ0n) is 11.7. The largest absolute Gasteiger partial charge is 0.364 e. The van der Waals surface area contributed by atoms with Gasteiger partial charge in [-0.2, -0.15) is 0 Å². The first kappa shape index (κ1) is 15.8. The first-order valence-corrected chi connectivity index (χ1v) is 7.11. The van der Waals surface area contributed by atoms with E-state index < -0.39 is 6.10 Å². The summed E-state index contributed by atoms with van der Waals surface area (Å²) < 4.78 is 5.52. The molecule has 6 nitrogen and oxygen atoms in total. The van der Waals surface area contributed by atoms with Gasteiger partial charge in [-0.25, -0.2) is 0 Å². The highest BCUT2D eigenvalue weighted by Crippen LogP contribution is 2.23. The molecule has 0 aromatic heterocycles. The second kappa shape index (κ2) is 6.89. The highest BCUT2D eigenvalue weighted by atomic mass is 35.5. The van der Waals surface area contributed by atoms with Gasteiger partial charge in [-0.05, 0) is 31.0 Å². The highest BCUT2D eigenvalue weighted by molar-refractivity contribution is 6.34. The lowest BCUT2D eigenvalue weighted by Crippen LogP contribution is -2.30. The molecule has 2 rings (SSSR count). The van der Waals surface area contributed by atoms with Gasteiger partial charge in [-0.15, -0.1) is 0 Å². The van der Waals surface area contributed by atoms with E-state index in [0.29, 0.717) is 29.2 Å². The van der Waals surface area contributed by atoms with Crippen molar-refractivity contribution in [1.82, 2.24) is 5.32 Å². The zero-order chi connectivity index (χ0) is 15.4. The molecule has 1 heterocycles. The molecular formula is C14H18ClN3O3. The SMILES string of the molecule is CNC(=O)c1cc(NC(=O)[C@@H]2CC[C@H](CN)O2)ccc1Cl. The molecule has 0 bridgehead atoms. The van der Waals surface area contributed by atoms with E-state index >= 15 is 0 Å². The first-order chi connectivity index (χ1) is 10.0. The third-order valence-corrected chi connectivity index (χ3v) is 3.70. The maximum absolute atomic E-state index is 12.1. The van der Waals surface area contributed by atoms with Crippen LogP contribution in [0.15, 0.2) is 18.2 Å². The Morgan fingerprint density at radius 3 is 2.81 bits per heavy atom. The molecule has 0 saturated carbocycles. The summed E-state index contributed by atoms with van der Waals surface area (Å²) in [4.78, 5) is 23.8. The van der Waals surface area contributed by atoms with Gasteiger partial charge in [-0.1, -0.05) is 11.6 Å². The van der Waals surface area contributed by atoms with Gasteiger partial charge in [0.05, 0.1) is 16.7 Å². The Morgan fingerprint density at radius 2 is 2.19 bits per heavy atom. The van der Waals surface area contributed by atoms with E-state index in [4.69, 9.17) is 22.1 Å². The molecule has 1 aliphatic heterocycles. The maximum Gasteiger partial charge on any atom is 0.253 e. The fourth-order valence-corrected chi connectivity index (χ4v) is 2.41. The second-order valence-electron chi connectivity index (χ2n) is 4.82. The second-order valence-corrected chi connectivity index (χ2v) is 5.23. The number of hydrogen-bond acceptors (Lipinski definition) is 4. The van der Waals surface area contributed by atoms with E-state index in [1.54, 1.807) is 12.1 Å². The Bertz CT molecular complexity index is 550. The van der Waals surface area contributed by atoms with Gasteiger partial charge >= 0.3 is 0 Å². The summed E-state index contributed by atoms with van der Waals surface area (Å²) in [6.45, 7) is 0.408. The van der Waals surface area contributed by atoms with Crippen molar-refractivity contribution >= 4 is 29.1 Å². The average Bonchev–Trinajstić information content (AvgIpc) is 2.97. The third-order valence-electron chi connectivity index (χ3n) is 3.37. The van der Waals surface area contributed by atoms with Gasteiger partial charge in [0.25, 0.3) is 11.8 Å². The Labute approximate surface area is 128 Å². The minimum atomic E-state index is -0.502. The number of hydrogen-bond donors (Lipinski definition) is 3. The van der Waals surface area contributed by atoms with Crippen molar-refractivity contribution in [3.8, 4) is 0 Å². The zero-order valence-corrected chi connectivity index (χ0v) is 12.4. The molecular weight excluding hydrogens is 294 g/mol. The van der Waals surface area contributed by atoms with Crippen molar-refractivity contribution in [1.29, 1.82) is 0 Å². The molecule has 1 aromatic rings. The molecule has 7 heteroatoms. The molecule has 0 spiro atoms. The molecule has 1 aliphatic rings. The van der Waals surface area contributed by atoms with Gasteiger partial charge in [0.15, 0.2) is 0 Å². The fraction of sp³-hybridized carbons (Fsp3) is 0.429. The summed E-state index contributed by atoms with van der Waals surface area (Å²) >= 11 is 5.96. The van der Waals surface area contributed by atoms with E-state index in [-0.39, 0.29) is 17.9 Å². The minimum absolute atomic E-state index is 0.0626. The van der Waals surface area contributed by atoms with Gasteiger partial charge in [-0.3, -0.25) is 9.59 Å². The van der Waals surface area contributed by atoms with Crippen LogP contribution in [0.5, 0.6) is 0 Å². The summed E-state index contributed by atoms with van der Waals surface area (Å²) in [6, 6.07) is 4.75. The number of benzene rings is 1. The van der Waals surface area contributed by atoms with Crippen LogP contribution in [0.2, 0.25) is 5.02 Å². The summed E-state index contributed by atoms with van der Waals surface area (Å²) in [5.41, 5.74) is 6.33. The fourth-order valence-electron chi connectivity index (χ4n) is 2.21. The van der Waals surface area contributed by atoms with Crippen molar-refractivity contribution in [2.45, 2.75) is 25.0 Å². The molecule has 1 fully saturated rings. The molecule has 4 N–H and O–H groups in total. The van der Waals surface area contributed by atoms with Gasteiger partial charge in [0.1, 0.15) is 6.10 Å². The number of anilines is 1. The Kier molecular flexibility index (Phi) is 5.17. The topological polar surface area (TPSA) is 93.5 Å². The third kappa shape index (κ3) is 3.72. The lowest BCUT2D eigenvalue weighted by atomic mass is 10.1. The lowest BCUT2D eigenvalue weighted by molar-refractivity contribution is -0.126. The van der Waals surface area contributed by atoms with Crippen LogP contribution in [0.1, 0.15) is 23.2 Å². The number of carbonyl (C=O) groups is 2. The standard InChI is InChI=1S/C14H18ClN3O3/c1-17-13(19)10-6-8(2-4-11(10)15)18-14(20)12-5-3-9(7-16)21-12/h2,4,6,9,12H,3,5,7,16H2,1H3,(H,17,19)(H,18,20)/t9-,12+/m1/s1. The quantitative estimate of drug-likeness (QED) is 0.777. The molecule has 2 amide bonds. The minimum Gasteiger partial charge on any atom is -0.364 e. The predicted octanol–water partition coefficient (Wildman–Crippen LogP) is 1.14. The Balaban J connectivity index is 2.06. The van der Waals surface area contributed by atoms with Crippen LogP contribution in [-0.4, -0.2) is 37.6 Å². The highest BCUT2D eigenvalue weighted by Gasteiger charge is 2.29. The van der Waals surface area contributed by atoms with Gasteiger partial charge in [0, 0.05) is 19.3 Å². The van der Waals surface area contributed by atoms with Crippen molar-refractivity contribution in [2.24, 2.45) is 5.73 Å². The summed E-state index contributed by atoms with van der Waals surface area (Å²) in [6.07, 6.45) is 0.854. The first-order valence-electron chi connectivity index (χ1n) is 6.73. The van der Waals surface area contributed by atoms with E-state index in [1.807, 2.05) is 0 Å². The molecule has 1 saturated heterocycles. The smallest absolute Gasteiger partial charge is 0.253 e. The number of rotatable bonds is 4. The van der Waals surface area contributed by atoms with Crippen LogP contribution >= 0.6 is 11.6 Å². The molecule has 114 valence electrons. The van der Waals surface area contributed by atoms with E-state index in [9.17, 15) is 9.59 Å². The van der Waals surface area contributed by atoms with E-state index in [0.717, 1.165) is 6.42 Å². The Morgan fingerprint density at radius 1 is 1.43 bits per heavy atom. The summed E-state index contributed by atoms with van der Waals surface area (Å²) in [7, 11) is 1.52. The normalized spacial score (nSPS) is 21.1. The number of nitrogens with two attached hydrogens (primary N) is 1. The molecule has 21 heavy (non-hydrogen) atoms. The van der Waals surface area contributed by atoms with Crippen LogP contribution in [0.4, 0.5) is 5.69 Å². The van der Waals surface area contributed by atoms with E-state index in [2.05, 4.69) is 10.6 Å². The van der Waals surface area contributed by atoms with Gasteiger partial charge < -0.3 is 21.1 Å². The summed E-state index contributed by atoms with van der Waals surface area (Å²) in [5, 5.41) is 5.55.